The van der Waals surface area contributed by atoms with E-state index in [9.17, 15) is 18.0 Å². The summed E-state index contributed by atoms with van der Waals surface area (Å²) >= 11 is 0. The summed E-state index contributed by atoms with van der Waals surface area (Å²) in [5.41, 5.74) is 2.12. The summed E-state index contributed by atoms with van der Waals surface area (Å²) in [6.45, 7) is 9.31. The van der Waals surface area contributed by atoms with Gasteiger partial charge < -0.3 is 4.90 Å². The molecule has 1 amide bonds. The topological polar surface area (TPSA) is 92.6 Å². The summed E-state index contributed by atoms with van der Waals surface area (Å²) in [6.07, 6.45) is 4.27. The zero-order valence-corrected chi connectivity index (χ0v) is 19.9. The number of hydrogen-bond acceptors (Lipinski definition) is 5. The molecule has 3 heterocycles. The molecule has 1 aliphatic carbocycles. The Morgan fingerprint density at radius 1 is 1.13 bits per heavy atom. The van der Waals surface area contributed by atoms with E-state index in [-0.39, 0.29) is 34.9 Å². The molecule has 3 aliphatic rings. The van der Waals surface area contributed by atoms with E-state index in [1.807, 2.05) is 9.58 Å². The third-order valence-corrected chi connectivity index (χ3v) is 8.98. The van der Waals surface area contributed by atoms with Crippen molar-refractivity contribution < 1.29 is 18.0 Å². The van der Waals surface area contributed by atoms with Crippen molar-refractivity contribution in [1.29, 1.82) is 0 Å². The number of piperidine rings is 1. The van der Waals surface area contributed by atoms with E-state index in [0.717, 1.165) is 31.4 Å². The Kier molecular flexibility index (Phi) is 5.79. The first-order valence-electron chi connectivity index (χ1n) is 11.4. The minimum absolute atomic E-state index is 0.0525. The van der Waals surface area contributed by atoms with E-state index in [1.165, 1.54) is 0 Å². The van der Waals surface area contributed by atoms with Crippen LogP contribution in [0.2, 0.25) is 0 Å². The van der Waals surface area contributed by atoms with Gasteiger partial charge in [0.15, 0.2) is 5.78 Å². The molecule has 8 nitrogen and oxygen atoms in total. The first-order chi connectivity index (χ1) is 14.5. The van der Waals surface area contributed by atoms with Crippen LogP contribution in [0.3, 0.4) is 0 Å². The lowest BCUT2D eigenvalue weighted by atomic mass is 9.75. The second-order valence-electron chi connectivity index (χ2n) is 10.00. The molecule has 2 saturated heterocycles. The van der Waals surface area contributed by atoms with E-state index in [4.69, 9.17) is 5.10 Å². The Morgan fingerprint density at radius 2 is 1.81 bits per heavy atom. The highest BCUT2D eigenvalue weighted by molar-refractivity contribution is 7.89. The lowest BCUT2D eigenvalue weighted by molar-refractivity contribution is -0.130. The van der Waals surface area contributed by atoms with Crippen molar-refractivity contribution in [1.82, 2.24) is 19.0 Å². The van der Waals surface area contributed by atoms with Crippen molar-refractivity contribution >= 4 is 21.7 Å². The maximum Gasteiger partial charge on any atom is 0.219 e. The van der Waals surface area contributed by atoms with Crippen LogP contribution < -0.4 is 0 Å². The van der Waals surface area contributed by atoms with Crippen molar-refractivity contribution in [3.8, 4) is 0 Å². The number of nitrogens with zero attached hydrogens (tertiary/aromatic N) is 4. The monoisotopic (exact) mass is 450 g/mol. The van der Waals surface area contributed by atoms with Gasteiger partial charge in [-0.2, -0.15) is 9.40 Å². The highest BCUT2D eigenvalue weighted by atomic mass is 32.2. The van der Waals surface area contributed by atoms with Gasteiger partial charge in [-0.3, -0.25) is 14.3 Å². The zero-order chi connectivity index (χ0) is 22.6. The lowest BCUT2D eigenvalue weighted by Crippen LogP contribution is -2.38. The predicted octanol–water partition coefficient (Wildman–Crippen LogP) is 2.71. The van der Waals surface area contributed by atoms with Crippen LogP contribution in [0.4, 0.5) is 0 Å². The molecule has 1 aromatic heterocycles. The van der Waals surface area contributed by atoms with Gasteiger partial charge in [0.1, 0.15) is 0 Å². The van der Waals surface area contributed by atoms with Crippen molar-refractivity contribution in [2.75, 3.05) is 25.4 Å². The molecule has 0 unspecified atom stereocenters. The van der Waals surface area contributed by atoms with Crippen LogP contribution in [-0.2, 0) is 21.2 Å². The summed E-state index contributed by atoms with van der Waals surface area (Å²) in [7, 11) is -3.37. The number of hydrogen-bond donors (Lipinski definition) is 0. The van der Waals surface area contributed by atoms with Gasteiger partial charge in [-0.1, -0.05) is 13.8 Å². The molecule has 0 aromatic carbocycles. The largest absolute Gasteiger partial charge is 0.343 e. The third-order valence-electron chi connectivity index (χ3n) is 7.10. The quantitative estimate of drug-likeness (QED) is 0.703. The SMILES string of the molecule is CCS(=O)(=O)N1CCC[C@@H]1c1nn(C2CCN(C(C)=O)CC2)c2c1C(=O)CC(C)(C)C2. The average molecular weight is 451 g/mol. The smallest absolute Gasteiger partial charge is 0.219 e. The number of carbonyl (C=O) groups is 2. The number of rotatable bonds is 4. The molecule has 0 spiro atoms. The maximum absolute atomic E-state index is 13.3. The fourth-order valence-corrected chi connectivity index (χ4v) is 6.81. The molecule has 0 bridgehead atoms. The van der Waals surface area contributed by atoms with Crippen LogP contribution in [0.15, 0.2) is 0 Å². The molecule has 1 aromatic rings. The van der Waals surface area contributed by atoms with Gasteiger partial charge in [0, 0.05) is 33.0 Å². The Hall–Kier alpha value is -1.74. The molecule has 1 atom stereocenters. The van der Waals surface area contributed by atoms with Crippen LogP contribution in [0, 0.1) is 5.41 Å². The Morgan fingerprint density at radius 3 is 2.42 bits per heavy atom. The second-order valence-corrected chi connectivity index (χ2v) is 12.2. The second kappa shape index (κ2) is 7.99. The minimum Gasteiger partial charge on any atom is -0.343 e. The molecular weight excluding hydrogens is 416 g/mol. The molecule has 0 radical (unpaired) electrons. The Labute approximate surface area is 185 Å². The average Bonchev–Trinajstić information content (AvgIpc) is 3.32. The highest BCUT2D eigenvalue weighted by Crippen LogP contribution is 2.43. The van der Waals surface area contributed by atoms with E-state index in [0.29, 0.717) is 43.7 Å². The molecule has 2 fully saturated rings. The molecule has 9 heteroatoms. The van der Waals surface area contributed by atoms with Crippen LogP contribution in [0.25, 0.3) is 0 Å². The van der Waals surface area contributed by atoms with Crippen molar-refractivity contribution in [3.63, 3.8) is 0 Å². The first kappa shape index (κ1) is 22.5. The Balaban J connectivity index is 1.76. The van der Waals surface area contributed by atoms with Gasteiger partial charge in [0.25, 0.3) is 0 Å². The third kappa shape index (κ3) is 4.06. The van der Waals surface area contributed by atoms with Gasteiger partial charge in [0.05, 0.1) is 34.8 Å². The number of ketones is 1. The minimum atomic E-state index is -3.37. The van der Waals surface area contributed by atoms with Crippen LogP contribution in [0.5, 0.6) is 0 Å². The van der Waals surface area contributed by atoms with Crippen molar-refractivity contribution in [3.05, 3.63) is 17.0 Å². The summed E-state index contributed by atoms with van der Waals surface area (Å²) in [6, 6.07) is -0.236. The molecular formula is C22H34N4O4S. The van der Waals surface area contributed by atoms with Gasteiger partial charge in [-0.05, 0) is 44.4 Å². The maximum atomic E-state index is 13.3. The van der Waals surface area contributed by atoms with Crippen LogP contribution in [0.1, 0.15) is 93.6 Å². The van der Waals surface area contributed by atoms with Gasteiger partial charge >= 0.3 is 0 Å². The van der Waals surface area contributed by atoms with Gasteiger partial charge in [-0.15, -0.1) is 0 Å². The first-order valence-corrected chi connectivity index (χ1v) is 13.0. The van der Waals surface area contributed by atoms with E-state index in [1.54, 1.807) is 18.2 Å². The van der Waals surface area contributed by atoms with Crippen molar-refractivity contribution in [2.45, 2.75) is 78.3 Å². The molecule has 172 valence electrons. The summed E-state index contributed by atoms with van der Waals surface area (Å²) in [5.74, 6) is 0.218. The molecule has 0 saturated carbocycles. The van der Waals surface area contributed by atoms with Gasteiger partial charge in [-0.25, -0.2) is 8.42 Å². The predicted molar refractivity (Wildman–Crippen MR) is 117 cm³/mol. The number of likely N-dealkylation sites (tertiary alicyclic amines) is 1. The van der Waals surface area contributed by atoms with E-state index >= 15 is 0 Å². The van der Waals surface area contributed by atoms with Crippen LogP contribution >= 0.6 is 0 Å². The normalized spacial score (nSPS) is 25.1. The number of aromatic nitrogens is 2. The number of Topliss-reactive ketones (excluding diaryl/α,β-unsaturated/α-hetero) is 1. The number of sulfonamides is 1. The van der Waals surface area contributed by atoms with Crippen molar-refractivity contribution in [2.24, 2.45) is 5.41 Å². The van der Waals surface area contributed by atoms with E-state index < -0.39 is 10.0 Å². The van der Waals surface area contributed by atoms with Gasteiger partial charge in [0.2, 0.25) is 15.9 Å². The zero-order valence-electron chi connectivity index (χ0n) is 19.1. The van der Waals surface area contributed by atoms with Crippen LogP contribution in [-0.4, -0.2) is 64.5 Å². The summed E-state index contributed by atoms with van der Waals surface area (Å²) in [5, 5.41) is 4.97. The Bertz CT molecular complexity index is 989. The summed E-state index contributed by atoms with van der Waals surface area (Å²) in [4.78, 5) is 26.9. The standard InChI is InChI=1S/C22H34N4O4S/c1-5-31(29,30)25-10-6-7-17(25)21-20-18(13-22(3,4)14-19(20)28)26(23-21)16-8-11-24(12-9-16)15(2)27/h16-17H,5-14H2,1-4H3/t17-/m1/s1. The van der Waals surface area contributed by atoms with E-state index in [2.05, 4.69) is 13.8 Å². The lowest BCUT2D eigenvalue weighted by Gasteiger charge is -2.34. The fourth-order valence-electron chi connectivity index (χ4n) is 5.47. The molecule has 2 aliphatic heterocycles. The number of fused-ring (bicyclic) bond motifs is 1. The molecule has 31 heavy (non-hydrogen) atoms. The fraction of sp³-hybridized carbons (Fsp3) is 0.773. The summed E-state index contributed by atoms with van der Waals surface area (Å²) < 4.78 is 29.0. The highest BCUT2D eigenvalue weighted by Gasteiger charge is 2.43. The molecule has 4 rings (SSSR count). The number of amides is 1. The number of carbonyl (C=O) groups excluding carboxylic acids is 2. The molecule has 0 N–H and O–H groups in total.